The minimum Gasteiger partial charge on any atom is -0.378 e. The molecule has 9 heteroatoms. The molecule has 1 N–H and O–H groups in total. The summed E-state index contributed by atoms with van der Waals surface area (Å²) in [7, 11) is 0. The third-order valence-electron chi connectivity index (χ3n) is 4.95. The van der Waals surface area contributed by atoms with Crippen molar-refractivity contribution in [2.24, 2.45) is 0 Å². The lowest BCUT2D eigenvalue weighted by Crippen LogP contribution is -2.41. The van der Waals surface area contributed by atoms with Crippen LogP contribution >= 0.6 is 0 Å². The molecule has 1 aromatic heterocycles. The van der Waals surface area contributed by atoms with Gasteiger partial charge in [0.1, 0.15) is 5.82 Å². The number of allylic oxidation sites excluding steroid dienone is 1. The standard InChI is InChI=1S/C21H20F4N2O3/c1-12-17(26-13(2)19(12)20(29)27-7-9-30-10-8-27)5-6-18(28)14-3-4-15(16(22)11-14)21(23,24)25/h3-6,11,26H,7-10H2,1-2H3/b6-5+. The van der Waals surface area contributed by atoms with E-state index in [1.165, 1.54) is 6.08 Å². The molecule has 0 unspecified atom stereocenters. The molecule has 1 aromatic carbocycles. The molecule has 0 atom stereocenters. The van der Waals surface area contributed by atoms with Gasteiger partial charge in [-0.1, -0.05) is 6.07 Å². The first kappa shape index (κ1) is 21.8. The average Bonchev–Trinajstić information content (AvgIpc) is 2.98. The summed E-state index contributed by atoms with van der Waals surface area (Å²) < 4.78 is 56.9. The van der Waals surface area contributed by atoms with Crippen molar-refractivity contribution in [3.63, 3.8) is 0 Å². The number of alkyl halides is 3. The third-order valence-corrected chi connectivity index (χ3v) is 4.95. The van der Waals surface area contributed by atoms with E-state index in [1.54, 1.807) is 18.7 Å². The number of hydrogen-bond donors (Lipinski definition) is 1. The van der Waals surface area contributed by atoms with Crippen molar-refractivity contribution in [3.05, 3.63) is 63.7 Å². The van der Waals surface area contributed by atoms with Gasteiger partial charge < -0.3 is 14.6 Å². The Balaban J connectivity index is 1.80. The second kappa shape index (κ2) is 8.43. The Labute approximate surface area is 170 Å². The van der Waals surface area contributed by atoms with E-state index in [0.717, 1.165) is 12.1 Å². The molecule has 5 nitrogen and oxygen atoms in total. The first-order valence-corrected chi connectivity index (χ1v) is 9.25. The van der Waals surface area contributed by atoms with Crippen molar-refractivity contribution < 1.29 is 31.9 Å². The number of H-pyrrole nitrogens is 1. The maximum atomic E-state index is 13.7. The molecule has 30 heavy (non-hydrogen) atoms. The number of aromatic amines is 1. The summed E-state index contributed by atoms with van der Waals surface area (Å²) in [4.78, 5) is 29.8. The highest BCUT2D eigenvalue weighted by Gasteiger charge is 2.34. The fourth-order valence-corrected chi connectivity index (χ4v) is 3.34. The normalized spacial score (nSPS) is 15.1. The summed E-state index contributed by atoms with van der Waals surface area (Å²) >= 11 is 0. The maximum absolute atomic E-state index is 13.7. The van der Waals surface area contributed by atoms with Crippen LogP contribution in [-0.4, -0.2) is 47.9 Å². The molecular weight excluding hydrogens is 404 g/mol. The highest BCUT2D eigenvalue weighted by molar-refractivity contribution is 6.07. The van der Waals surface area contributed by atoms with Crippen LogP contribution in [0.4, 0.5) is 17.6 Å². The van der Waals surface area contributed by atoms with Crippen LogP contribution in [0.2, 0.25) is 0 Å². The molecule has 160 valence electrons. The number of hydrogen-bond acceptors (Lipinski definition) is 3. The van der Waals surface area contributed by atoms with Gasteiger partial charge in [0.15, 0.2) is 5.78 Å². The lowest BCUT2D eigenvalue weighted by molar-refractivity contribution is -0.140. The number of aromatic nitrogens is 1. The minimum atomic E-state index is -4.83. The number of rotatable bonds is 4. The van der Waals surface area contributed by atoms with Crippen LogP contribution in [0.15, 0.2) is 24.3 Å². The molecule has 1 amide bonds. The molecule has 0 saturated carbocycles. The topological polar surface area (TPSA) is 62.4 Å². The smallest absolute Gasteiger partial charge is 0.378 e. The summed E-state index contributed by atoms with van der Waals surface area (Å²) in [6.07, 6.45) is -2.27. The molecule has 1 saturated heterocycles. The number of amides is 1. The Morgan fingerprint density at radius 3 is 2.43 bits per heavy atom. The molecule has 1 fully saturated rings. The van der Waals surface area contributed by atoms with Crippen LogP contribution in [0.1, 0.15) is 43.2 Å². The predicted molar refractivity (Wildman–Crippen MR) is 102 cm³/mol. The number of ketones is 1. The number of carbonyl (C=O) groups is 2. The Morgan fingerprint density at radius 2 is 1.83 bits per heavy atom. The quantitative estimate of drug-likeness (QED) is 0.456. The van der Waals surface area contributed by atoms with Gasteiger partial charge in [0.2, 0.25) is 0 Å². The van der Waals surface area contributed by atoms with Gasteiger partial charge in [-0.05, 0) is 43.7 Å². The third kappa shape index (κ3) is 4.46. The van der Waals surface area contributed by atoms with Crippen molar-refractivity contribution in [1.82, 2.24) is 9.88 Å². The van der Waals surface area contributed by atoms with Gasteiger partial charge >= 0.3 is 6.18 Å². The summed E-state index contributed by atoms with van der Waals surface area (Å²) in [5, 5.41) is 0. The predicted octanol–water partition coefficient (Wildman–Crippen LogP) is 4.16. The van der Waals surface area contributed by atoms with Gasteiger partial charge in [-0.15, -0.1) is 0 Å². The van der Waals surface area contributed by atoms with Crippen LogP contribution in [0, 0.1) is 19.7 Å². The van der Waals surface area contributed by atoms with E-state index in [4.69, 9.17) is 4.74 Å². The molecule has 2 aromatic rings. The number of carbonyl (C=O) groups excluding carboxylic acids is 2. The molecule has 1 aliphatic rings. The van der Waals surface area contributed by atoms with E-state index < -0.39 is 23.3 Å². The van der Waals surface area contributed by atoms with E-state index in [2.05, 4.69) is 4.98 Å². The lowest BCUT2D eigenvalue weighted by atomic mass is 10.1. The highest BCUT2D eigenvalue weighted by Crippen LogP contribution is 2.31. The summed E-state index contributed by atoms with van der Waals surface area (Å²) in [5.74, 6) is -2.30. The lowest BCUT2D eigenvalue weighted by Gasteiger charge is -2.27. The molecule has 2 heterocycles. The number of morpholine rings is 1. The second-order valence-corrected chi connectivity index (χ2v) is 6.96. The van der Waals surface area contributed by atoms with Gasteiger partial charge in [0.05, 0.1) is 24.3 Å². The second-order valence-electron chi connectivity index (χ2n) is 6.96. The van der Waals surface area contributed by atoms with Crippen molar-refractivity contribution >= 4 is 17.8 Å². The average molecular weight is 424 g/mol. The van der Waals surface area contributed by atoms with Crippen molar-refractivity contribution in [3.8, 4) is 0 Å². The first-order valence-electron chi connectivity index (χ1n) is 9.25. The Bertz CT molecular complexity index is 1000. The fraction of sp³-hybridized carbons (Fsp3) is 0.333. The van der Waals surface area contributed by atoms with E-state index in [0.29, 0.717) is 61.0 Å². The number of nitrogens with zero attached hydrogens (tertiary/aromatic N) is 1. The molecule has 3 rings (SSSR count). The summed E-state index contributed by atoms with van der Waals surface area (Å²) in [5.41, 5.74) is 0.671. The van der Waals surface area contributed by atoms with Gasteiger partial charge in [-0.3, -0.25) is 9.59 Å². The summed E-state index contributed by atoms with van der Waals surface area (Å²) in [6, 6.07) is 2.04. The molecule has 0 aliphatic carbocycles. The minimum absolute atomic E-state index is 0.139. The van der Waals surface area contributed by atoms with Gasteiger partial charge in [0.25, 0.3) is 5.91 Å². The van der Waals surface area contributed by atoms with Gasteiger partial charge in [0, 0.05) is 30.0 Å². The number of halogens is 4. The Hall–Kier alpha value is -2.94. The van der Waals surface area contributed by atoms with Crippen LogP contribution in [-0.2, 0) is 10.9 Å². The molecule has 0 spiro atoms. The largest absolute Gasteiger partial charge is 0.419 e. The molecule has 1 aliphatic heterocycles. The number of aryl methyl sites for hydroxylation is 1. The van der Waals surface area contributed by atoms with Crippen molar-refractivity contribution in [2.75, 3.05) is 26.3 Å². The molecule has 0 bridgehead atoms. The molecule has 0 radical (unpaired) electrons. The van der Waals surface area contributed by atoms with E-state index >= 15 is 0 Å². The Morgan fingerprint density at radius 1 is 1.17 bits per heavy atom. The van der Waals surface area contributed by atoms with Crippen molar-refractivity contribution in [2.45, 2.75) is 20.0 Å². The zero-order chi connectivity index (χ0) is 22.1. The van der Waals surface area contributed by atoms with E-state index in [-0.39, 0.29) is 11.5 Å². The van der Waals surface area contributed by atoms with Gasteiger partial charge in [-0.2, -0.15) is 13.2 Å². The first-order chi connectivity index (χ1) is 14.1. The maximum Gasteiger partial charge on any atom is 0.419 e. The SMILES string of the molecule is Cc1[nH]c(/C=C/C(=O)c2ccc(C(F)(F)F)c(F)c2)c(C)c1C(=O)N1CCOCC1. The monoisotopic (exact) mass is 424 g/mol. The van der Waals surface area contributed by atoms with Crippen LogP contribution < -0.4 is 0 Å². The van der Waals surface area contributed by atoms with E-state index in [1.807, 2.05) is 0 Å². The van der Waals surface area contributed by atoms with Crippen molar-refractivity contribution in [1.29, 1.82) is 0 Å². The van der Waals surface area contributed by atoms with Crippen LogP contribution in [0.25, 0.3) is 6.08 Å². The van der Waals surface area contributed by atoms with Crippen LogP contribution in [0.3, 0.4) is 0 Å². The number of ether oxygens (including phenoxy) is 1. The number of benzene rings is 1. The summed E-state index contributed by atoms with van der Waals surface area (Å²) in [6.45, 7) is 5.40. The Kier molecular flexibility index (Phi) is 6.12. The fourth-order valence-electron chi connectivity index (χ4n) is 3.34. The van der Waals surface area contributed by atoms with E-state index in [9.17, 15) is 27.2 Å². The molecular formula is C21H20F4N2O3. The number of nitrogens with one attached hydrogen (secondary N) is 1. The zero-order valence-electron chi connectivity index (χ0n) is 16.4. The van der Waals surface area contributed by atoms with Crippen LogP contribution in [0.5, 0.6) is 0 Å². The van der Waals surface area contributed by atoms with Gasteiger partial charge in [-0.25, -0.2) is 4.39 Å². The zero-order valence-corrected chi connectivity index (χ0v) is 16.4. The highest BCUT2D eigenvalue weighted by atomic mass is 19.4.